The third-order valence-electron chi connectivity index (χ3n) is 2.62. The van der Waals surface area contributed by atoms with Gasteiger partial charge in [0.15, 0.2) is 5.12 Å². The Morgan fingerprint density at radius 3 is 1.79 bits per heavy atom. The van der Waals surface area contributed by atoms with Gasteiger partial charge in [0.25, 0.3) is 0 Å². The first-order chi connectivity index (χ1) is 6.15. The van der Waals surface area contributed by atoms with E-state index in [1.165, 1.54) is 11.8 Å². The van der Waals surface area contributed by atoms with Gasteiger partial charge in [-0.3, -0.25) is 4.79 Å². The highest BCUT2D eigenvalue weighted by molar-refractivity contribution is 8.14. The highest BCUT2D eigenvalue weighted by Gasteiger charge is 2.26. The Morgan fingerprint density at radius 2 is 1.50 bits per heavy atom. The molecule has 0 aliphatic rings. The number of hydrogen-bond donors (Lipinski definition) is 0. The zero-order chi connectivity index (χ0) is 11.5. The van der Waals surface area contributed by atoms with Crippen LogP contribution in [0.5, 0.6) is 0 Å². The molecule has 0 saturated carbocycles. The maximum Gasteiger partial charge on any atom is 0.192 e. The minimum atomic E-state index is 0.0437. The standard InChI is InChI=1S/C12H24OS/c1-8(2)9(3)10(4)11(13)14-12(5,6)7/h8-10H,1-7H3. The molecule has 0 aliphatic carbocycles. The van der Waals surface area contributed by atoms with Crippen LogP contribution in [0.2, 0.25) is 0 Å². The lowest BCUT2D eigenvalue weighted by molar-refractivity contribution is -0.115. The van der Waals surface area contributed by atoms with Crippen molar-refractivity contribution in [2.75, 3.05) is 0 Å². The van der Waals surface area contributed by atoms with Crippen molar-refractivity contribution in [1.82, 2.24) is 0 Å². The second kappa shape index (κ2) is 5.20. The molecule has 0 aliphatic heterocycles. The molecule has 0 aromatic rings. The van der Waals surface area contributed by atoms with Crippen molar-refractivity contribution in [3.8, 4) is 0 Å². The Labute approximate surface area is 93.0 Å². The van der Waals surface area contributed by atoms with Gasteiger partial charge in [-0.25, -0.2) is 0 Å². The van der Waals surface area contributed by atoms with Crippen molar-refractivity contribution in [2.45, 2.75) is 53.2 Å². The largest absolute Gasteiger partial charge is 0.287 e. The van der Waals surface area contributed by atoms with Gasteiger partial charge in [-0.2, -0.15) is 0 Å². The lowest BCUT2D eigenvalue weighted by Crippen LogP contribution is -2.24. The third kappa shape index (κ3) is 5.04. The van der Waals surface area contributed by atoms with E-state index < -0.39 is 0 Å². The predicted octanol–water partition coefficient (Wildman–Crippen LogP) is 3.97. The maximum atomic E-state index is 11.9. The number of rotatable bonds is 3. The summed E-state index contributed by atoms with van der Waals surface area (Å²) in [5, 5.41) is 0.332. The SMILES string of the molecule is CC(C)C(C)C(C)C(=O)SC(C)(C)C. The average molecular weight is 216 g/mol. The zero-order valence-corrected chi connectivity index (χ0v) is 11.4. The summed E-state index contributed by atoms with van der Waals surface area (Å²) in [7, 11) is 0. The highest BCUT2D eigenvalue weighted by atomic mass is 32.2. The second-order valence-electron chi connectivity index (χ2n) is 5.43. The molecule has 0 rings (SSSR count). The molecule has 0 aromatic heterocycles. The van der Waals surface area contributed by atoms with Gasteiger partial charge in [0.05, 0.1) is 0 Å². The van der Waals surface area contributed by atoms with Crippen molar-refractivity contribution in [2.24, 2.45) is 17.8 Å². The molecule has 0 bridgehead atoms. The molecule has 0 radical (unpaired) electrons. The van der Waals surface area contributed by atoms with Gasteiger partial charge >= 0.3 is 0 Å². The lowest BCUT2D eigenvalue weighted by atomic mass is 9.87. The second-order valence-corrected chi connectivity index (χ2v) is 7.26. The van der Waals surface area contributed by atoms with E-state index in [1.807, 2.05) is 6.92 Å². The molecule has 0 fully saturated rings. The monoisotopic (exact) mass is 216 g/mol. The Kier molecular flexibility index (Phi) is 5.21. The van der Waals surface area contributed by atoms with Crippen molar-refractivity contribution in [1.29, 1.82) is 0 Å². The predicted molar refractivity (Wildman–Crippen MR) is 65.5 cm³/mol. The Hall–Kier alpha value is 0.0200. The Morgan fingerprint density at radius 1 is 1.07 bits per heavy atom. The van der Waals surface area contributed by atoms with Gasteiger partial charge in [0.1, 0.15) is 0 Å². The Bertz CT molecular complexity index is 191. The van der Waals surface area contributed by atoms with Gasteiger partial charge in [-0.15, -0.1) is 0 Å². The molecule has 2 atom stereocenters. The first-order valence-electron chi connectivity index (χ1n) is 5.38. The number of hydrogen-bond acceptors (Lipinski definition) is 2. The molecular formula is C12H24OS. The van der Waals surface area contributed by atoms with Crippen LogP contribution >= 0.6 is 11.8 Å². The van der Waals surface area contributed by atoms with Crippen molar-refractivity contribution in [3.63, 3.8) is 0 Å². The average Bonchev–Trinajstić information content (AvgIpc) is 1.98. The molecule has 0 amide bonds. The van der Waals surface area contributed by atoms with Crippen LogP contribution in [0.3, 0.4) is 0 Å². The van der Waals surface area contributed by atoms with Gasteiger partial charge in [-0.1, -0.05) is 60.2 Å². The number of thioether (sulfide) groups is 1. The lowest BCUT2D eigenvalue weighted by Gasteiger charge is -2.25. The third-order valence-corrected chi connectivity index (χ3v) is 3.80. The first kappa shape index (κ1) is 14.0. The molecular weight excluding hydrogens is 192 g/mol. The van der Waals surface area contributed by atoms with Crippen LogP contribution in [-0.2, 0) is 4.79 Å². The van der Waals surface area contributed by atoms with Crippen LogP contribution in [0.1, 0.15) is 48.5 Å². The number of carbonyl (C=O) groups is 1. The van der Waals surface area contributed by atoms with Crippen molar-refractivity contribution < 1.29 is 4.79 Å². The van der Waals surface area contributed by atoms with E-state index in [-0.39, 0.29) is 10.7 Å². The fourth-order valence-corrected chi connectivity index (χ4v) is 2.19. The summed E-state index contributed by atoms with van der Waals surface area (Å²) in [4.78, 5) is 11.9. The topological polar surface area (TPSA) is 17.1 Å². The summed E-state index contributed by atoms with van der Waals surface area (Å²) >= 11 is 1.47. The summed E-state index contributed by atoms with van der Waals surface area (Å²) < 4.78 is 0.0437. The van der Waals surface area contributed by atoms with Crippen molar-refractivity contribution in [3.05, 3.63) is 0 Å². The molecule has 0 spiro atoms. The zero-order valence-electron chi connectivity index (χ0n) is 10.5. The summed E-state index contributed by atoms with van der Waals surface area (Å²) in [5.74, 6) is 1.21. The molecule has 84 valence electrons. The molecule has 1 nitrogen and oxygen atoms in total. The van der Waals surface area contributed by atoms with Crippen LogP contribution in [0.25, 0.3) is 0 Å². The van der Waals surface area contributed by atoms with Crippen LogP contribution in [0.15, 0.2) is 0 Å². The van der Waals surface area contributed by atoms with Crippen LogP contribution in [-0.4, -0.2) is 9.86 Å². The van der Waals surface area contributed by atoms with Crippen LogP contribution in [0.4, 0.5) is 0 Å². The summed E-state index contributed by atoms with van der Waals surface area (Å²) in [6.07, 6.45) is 0. The maximum absolute atomic E-state index is 11.9. The molecule has 0 heterocycles. The van der Waals surface area contributed by atoms with Gasteiger partial charge in [0.2, 0.25) is 0 Å². The summed E-state index contributed by atoms with van der Waals surface area (Å²) in [6, 6.07) is 0. The molecule has 0 saturated heterocycles. The van der Waals surface area contributed by atoms with E-state index in [4.69, 9.17) is 0 Å². The van der Waals surface area contributed by atoms with Crippen LogP contribution < -0.4 is 0 Å². The first-order valence-corrected chi connectivity index (χ1v) is 6.19. The Balaban J connectivity index is 4.26. The van der Waals surface area contributed by atoms with E-state index in [0.717, 1.165) is 0 Å². The summed E-state index contributed by atoms with van der Waals surface area (Å²) in [5.41, 5.74) is 0. The molecule has 0 aromatic carbocycles. The smallest absolute Gasteiger partial charge is 0.192 e. The van der Waals surface area contributed by atoms with Gasteiger partial charge in [0, 0.05) is 10.7 Å². The molecule has 2 unspecified atom stereocenters. The fraction of sp³-hybridized carbons (Fsp3) is 0.917. The molecule has 14 heavy (non-hydrogen) atoms. The van der Waals surface area contributed by atoms with Gasteiger partial charge in [-0.05, 0) is 11.8 Å². The van der Waals surface area contributed by atoms with Gasteiger partial charge < -0.3 is 0 Å². The van der Waals surface area contributed by atoms with Crippen molar-refractivity contribution >= 4 is 16.9 Å². The quantitative estimate of drug-likeness (QED) is 0.710. The fourth-order valence-electron chi connectivity index (χ4n) is 1.19. The molecule has 0 N–H and O–H groups in total. The highest BCUT2D eigenvalue weighted by Crippen LogP contribution is 2.31. The van der Waals surface area contributed by atoms with E-state index in [9.17, 15) is 4.79 Å². The minimum Gasteiger partial charge on any atom is -0.287 e. The molecule has 2 heteroatoms. The van der Waals surface area contributed by atoms with E-state index >= 15 is 0 Å². The summed E-state index contributed by atoms with van der Waals surface area (Å²) in [6.45, 7) is 14.8. The minimum absolute atomic E-state index is 0.0437. The van der Waals surface area contributed by atoms with E-state index in [1.54, 1.807) is 0 Å². The number of carbonyl (C=O) groups excluding carboxylic acids is 1. The van der Waals surface area contributed by atoms with Crippen LogP contribution in [0, 0.1) is 17.8 Å². The normalized spacial score (nSPS) is 16.9. The van der Waals surface area contributed by atoms with E-state index in [0.29, 0.717) is 17.0 Å². The van der Waals surface area contributed by atoms with E-state index in [2.05, 4.69) is 41.5 Å².